The number of carbonyl (C=O) groups excluding carboxylic acids is 3. The van der Waals surface area contributed by atoms with Crippen molar-refractivity contribution in [2.24, 2.45) is 0 Å². The van der Waals surface area contributed by atoms with E-state index >= 15 is 0 Å². The number of hydrogen-bond acceptors (Lipinski definition) is 5. The van der Waals surface area contributed by atoms with Crippen LogP contribution in [-0.2, 0) is 9.59 Å². The molecule has 5 aromatic rings. The number of hydrogen-bond donors (Lipinski definition) is 3. The van der Waals surface area contributed by atoms with Gasteiger partial charge in [0.2, 0.25) is 5.91 Å². The molecule has 0 radical (unpaired) electrons. The number of anilines is 2. The van der Waals surface area contributed by atoms with E-state index in [2.05, 4.69) is 31.9 Å². The summed E-state index contributed by atoms with van der Waals surface area (Å²) < 4.78 is 6.41. The van der Waals surface area contributed by atoms with E-state index in [-0.39, 0.29) is 11.6 Å². The second kappa shape index (κ2) is 16.4. The summed E-state index contributed by atoms with van der Waals surface area (Å²) in [6, 6.07) is 40.1. The minimum absolute atomic E-state index is 0.0797. The van der Waals surface area contributed by atoms with Gasteiger partial charge in [-0.15, -0.1) is 11.8 Å². The van der Waals surface area contributed by atoms with Gasteiger partial charge in [-0.05, 0) is 90.9 Å². The Kier molecular flexibility index (Phi) is 11.6. The lowest BCUT2D eigenvalue weighted by molar-refractivity contribution is -0.116. The van der Waals surface area contributed by atoms with E-state index in [1.807, 2.05) is 104 Å². The fraction of sp³-hybridized carbons (Fsp3) is 0.0789. The number of benzene rings is 5. The molecule has 236 valence electrons. The topological polar surface area (TPSA) is 96.5 Å². The Balaban J connectivity index is 1.35. The number of rotatable bonds is 12. The predicted octanol–water partition coefficient (Wildman–Crippen LogP) is 8.73. The van der Waals surface area contributed by atoms with Gasteiger partial charge >= 0.3 is 0 Å². The monoisotopic (exact) mass is 705 g/mol. The second-order valence-electron chi connectivity index (χ2n) is 10.3. The molecule has 1 unspecified atom stereocenters. The number of nitrogens with one attached hydrogen (secondary N) is 3. The Morgan fingerprint density at radius 1 is 0.766 bits per heavy atom. The van der Waals surface area contributed by atoms with Crippen LogP contribution in [0.2, 0.25) is 0 Å². The zero-order valence-corrected chi connectivity index (χ0v) is 27.9. The molecule has 0 heterocycles. The molecule has 47 heavy (non-hydrogen) atoms. The Bertz CT molecular complexity index is 1850. The van der Waals surface area contributed by atoms with E-state index in [0.717, 1.165) is 26.2 Å². The van der Waals surface area contributed by atoms with Gasteiger partial charge in [0, 0.05) is 26.3 Å². The van der Waals surface area contributed by atoms with Gasteiger partial charge in [-0.25, -0.2) is 0 Å². The first-order valence-corrected chi connectivity index (χ1v) is 16.6. The zero-order chi connectivity index (χ0) is 33.0. The van der Waals surface area contributed by atoms with Crippen LogP contribution in [0.25, 0.3) is 6.08 Å². The fourth-order valence-electron chi connectivity index (χ4n) is 4.56. The second-order valence-corrected chi connectivity index (χ2v) is 12.4. The summed E-state index contributed by atoms with van der Waals surface area (Å²) >= 11 is 4.79. The maximum absolute atomic E-state index is 13.6. The predicted molar refractivity (Wildman–Crippen MR) is 192 cm³/mol. The molecule has 9 heteroatoms. The average molecular weight is 707 g/mol. The smallest absolute Gasteiger partial charge is 0.272 e. The SMILES string of the molecule is CCOc1ccc(NC(=O)C(Sc2cccc(NC(=O)/C(=C/c3ccc(Br)cc3)NC(=O)c3ccccc3)c2)c2ccccc2)cc1. The van der Waals surface area contributed by atoms with E-state index in [4.69, 9.17) is 4.74 Å². The summed E-state index contributed by atoms with van der Waals surface area (Å²) in [7, 11) is 0. The molecule has 1 atom stereocenters. The van der Waals surface area contributed by atoms with Crippen molar-refractivity contribution < 1.29 is 19.1 Å². The first-order chi connectivity index (χ1) is 22.9. The molecule has 5 aromatic carbocycles. The third-order valence-electron chi connectivity index (χ3n) is 6.83. The molecular weight excluding hydrogens is 674 g/mol. The Morgan fingerprint density at radius 3 is 2.13 bits per heavy atom. The molecule has 7 nitrogen and oxygen atoms in total. The summed E-state index contributed by atoms with van der Waals surface area (Å²) in [4.78, 5) is 41.0. The van der Waals surface area contributed by atoms with Gasteiger partial charge in [-0.3, -0.25) is 14.4 Å². The van der Waals surface area contributed by atoms with Gasteiger partial charge in [-0.1, -0.05) is 82.7 Å². The summed E-state index contributed by atoms with van der Waals surface area (Å²) in [5.41, 5.74) is 3.24. The van der Waals surface area contributed by atoms with Crippen molar-refractivity contribution in [3.8, 4) is 5.75 Å². The normalized spacial score (nSPS) is 11.7. The van der Waals surface area contributed by atoms with Crippen molar-refractivity contribution in [1.29, 1.82) is 0 Å². The third-order valence-corrected chi connectivity index (χ3v) is 8.61. The summed E-state index contributed by atoms with van der Waals surface area (Å²) in [5, 5.41) is 8.11. The number of amides is 3. The van der Waals surface area contributed by atoms with E-state index in [0.29, 0.717) is 23.5 Å². The van der Waals surface area contributed by atoms with Crippen molar-refractivity contribution in [2.75, 3.05) is 17.2 Å². The van der Waals surface area contributed by atoms with Crippen molar-refractivity contribution in [1.82, 2.24) is 5.32 Å². The molecular formula is C38H32BrN3O4S. The van der Waals surface area contributed by atoms with E-state index < -0.39 is 17.1 Å². The van der Waals surface area contributed by atoms with Gasteiger partial charge in [0.25, 0.3) is 11.8 Å². The molecule has 3 amide bonds. The Hall–Kier alpha value is -5.12. The molecule has 5 rings (SSSR count). The highest BCUT2D eigenvalue weighted by Gasteiger charge is 2.23. The van der Waals surface area contributed by atoms with Crippen LogP contribution >= 0.6 is 27.7 Å². The van der Waals surface area contributed by atoms with Crippen molar-refractivity contribution in [3.05, 3.63) is 160 Å². The minimum Gasteiger partial charge on any atom is -0.494 e. The highest BCUT2D eigenvalue weighted by molar-refractivity contribution is 9.10. The molecule has 0 aromatic heterocycles. The van der Waals surface area contributed by atoms with Gasteiger partial charge < -0.3 is 20.7 Å². The number of carbonyl (C=O) groups is 3. The van der Waals surface area contributed by atoms with Crippen molar-refractivity contribution in [2.45, 2.75) is 17.1 Å². The first kappa shape index (κ1) is 33.2. The Morgan fingerprint density at radius 2 is 1.45 bits per heavy atom. The maximum Gasteiger partial charge on any atom is 0.272 e. The van der Waals surface area contributed by atoms with Crippen LogP contribution in [0.15, 0.2) is 149 Å². The van der Waals surface area contributed by atoms with Crippen LogP contribution in [0.3, 0.4) is 0 Å². The zero-order valence-electron chi connectivity index (χ0n) is 25.5. The largest absolute Gasteiger partial charge is 0.494 e. The van der Waals surface area contributed by atoms with E-state index in [9.17, 15) is 14.4 Å². The molecule has 3 N–H and O–H groups in total. The number of ether oxygens (including phenoxy) is 1. The molecule has 0 bridgehead atoms. The highest BCUT2D eigenvalue weighted by atomic mass is 79.9. The van der Waals surface area contributed by atoms with Gasteiger partial charge in [0.05, 0.1) is 6.61 Å². The number of halogens is 1. The lowest BCUT2D eigenvalue weighted by Gasteiger charge is -2.18. The van der Waals surface area contributed by atoms with Crippen LogP contribution in [0, 0.1) is 0 Å². The molecule has 0 saturated heterocycles. The lowest BCUT2D eigenvalue weighted by atomic mass is 10.1. The van der Waals surface area contributed by atoms with Crippen LogP contribution in [0.1, 0.15) is 33.7 Å². The standard InChI is InChI=1S/C38H32BrN3O4S/c1-2-46-32-22-20-30(21-23-32)40-38(45)35(27-10-5-3-6-11-27)47-33-15-9-14-31(25-33)41-37(44)34(24-26-16-18-29(39)19-17-26)42-36(43)28-12-7-4-8-13-28/h3-25,35H,2H2,1H3,(H,40,45)(H,41,44)(H,42,43)/b34-24-. The first-order valence-electron chi connectivity index (χ1n) is 14.9. The molecule has 0 saturated carbocycles. The van der Waals surface area contributed by atoms with Gasteiger partial charge in [0.15, 0.2) is 0 Å². The van der Waals surface area contributed by atoms with Crippen molar-refractivity contribution in [3.63, 3.8) is 0 Å². The van der Waals surface area contributed by atoms with Crippen LogP contribution < -0.4 is 20.7 Å². The van der Waals surface area contributed by atoms with Gasteiger partial charge in [0.1, 0.15) is 16.7 Å². The van der Waals surface area contributed by atoms with Crippen molar-refractivity contribution >= 4 is 62.9 Å². The molecule has 0 aliphatic heterocycles. The maximum atomic E-state index is 13.6. The fourth-order valence-corrected chi connectivity index (χ4v) is 5.91. The summed E-state index contributed by atoms with van der Waals surface area (Å²) in [6.07, 6.45) is 1.62. The van der Waals surface area contributed by atoms with Gasteiger partial charge in [-0.2, -0.15) is 0 Å². The van der Waals surface area contributed by atoms with E-state index in [1.165, 1.54) is 11.8 Å². The van der Waals surface area contributed by atoms with Crippen LogP contribution in [0.5, 0.6) is 5.75 Å². The molecule has 0 aliphatic rings. The third kappa shape index (κ3) is 9.68. The summed E-state index contributed by atoms with van der Waals surface area (Å²) in [5.74, 6) is -0.360. The average Bonchev–Trinajstić information content (AvgIpc) is 3.09. The minimum atomic E-state index is -0.577. The molecule has 0 spiro atoms. The highest BCUT2D eigenvalue weighted by Crippen LogP contribution is 2.37. The lowest BCUT2D eigenvalue weighted by Crippen LogP contribution is -2.30. The summed E-state index contributed by atoms with van der Waals surface area (Å²) in [6.45, 7) is 2.48. The van der Waals surface area contributed by atoms with Crippen LogP contribution in [-0.4, -0.2) is 24.3 Å². The Labute approximate surface area is 286 Å². The van der Waals surface area contributed by atoms with Crippen LogP contribution in [0.4, 0.5) is 11.4 Å². The quantitative estimate of drug-likeness (QED) is 0.0891. The van der Waals surface area contributed by atoms with E-state index in [1.54, 1.807) is 42.5 Å². The molecule has 0 aliphatic carbocycles. The number of thioether (sulfide) groups is 1. The molecule has 0 fully saturated rings.